The first-order valence-corrected chi connectivity index (χ1v) is 7.12. The van der Waals surface area contributed by atoms with Crippen LogP contribution in [-0.4, -0.2) is 46.9 Å². The van der Waals surface area contributed by atoms with Crippen molar-refractivity contribution in [3.8, 4) is 0 Å². The summed E-state index contributed by atoms with van der Waals surface area (Å²) in [6.45, 7) is 3.38. The zero-order valence-corrected chi connectivity index (χ0v) is 12.3. The zero-order valence-electron chi connectivity index (χ0n) is 11.5. The van der Waals surface area contributed by atoms with Crippen LogP contribution in [0.25, 0.3) is 0 Å². The van der Waals surface area contributed by atoms with Gasteiger partial charge in [0.15, 0.2) is 0 Å². The summed E-state index contributed by atoms with van der Waals surface area (Å²) < 4.78 is 0. The van der Waals surface area contributed by atoms with Gasteiger partial charge in [0.1, 0.15) is 6.54 Å². The van der Waals surface area contributed by atoms with Crippen molar-refractivity contribution in [3.63, 3.8) is 0 Å². The van der Waals surface area contributed by atoms with Gasteiger partial charge < -0.3 is 15.3 Å². The Labute approximate surface area is 121 Å². The first kappa shape index (κ1) is 16.2. The summed E-state index contributed by atoms with van der Waals surface area (Å²) in [5, 5.41) is 13.2. The summed E-state index contributed by atoms with van der Waals surface area (Å²) in [6, 6.07) is 3.29. The Morgan fingerprint density at radius 1 is 1.40 bits per heavy atom. The van der Waals surface area contributed by atoms with Crippen molar-refractivity contribution in [3.05, 3.63) is 22.4 Å². The number of carbonyl (C=O) groups excluding carboxylic acids is 2. The highest BCUT2D eigenvalue weighted by Gasteiger charge is 2.19. The fraction of sp³-hybridized carbons (Fsp3) is 0.462. The van der Waals surface area contributed by atoms with Crippen LogP contribution in [0.5, 0.6) is 0 Å². The van der Waals surface area contributed by atoms with E-state index in [0.29, 0.717) is 4.88 Å². The number of carbonyl (C=O) groups is 3. The van der Waals surface area contributed by atoms with Gasteiger partial charge in [-0.2, -0.15) is 0 Å². The number of hydrogen-bond acceptors (Lipinski definition) is 4. The molecule has 0 saturated carbocycles. The van der Waals surface area contributed by atoms with Gasteiger partial charge in [-0.05, 0) is 25.3 Å². The van der Waals surface area contributed by atoms with Crippen LogP contribution in [0.4, 0.5) is 0 Å². The standard InChI is InChI=1S/C13H18N2O4S/c1-9(2)15(8-12(17)18)11(16)5-6-14-13(19)10-4-3-7-20-10/h3-4,7,9H,5-6,8H2,1-2H3,(H,14,19)(H,17,18). The molecule has 1 aromatic heterocycles. The van der Waals surface area contributed by atoms with Gasteiger partial charge in [-0.3, -0.25) is 14.4 Å². The molecule has 0 radical (unpaired) electrons. The Morgan fingerprint density at radius 3 is 2.60 bits per heavy atom. The molecule has 7 heteroatoms. The van der Waals surface area contributed by atoms with Crippen molar-refractivity contribution in [1.82, 2.24) is 10.2 Å². The number of carboxylic acids is 1. The molecule has 0 atom stereocenters. The summed E-state index contributed by atoms with van der Waals surface area (Å²) in [5.41, 5.74) is 0. The molecule has 0 aromatic carbocycles. The molecule has 6 nitrogen and oxygen atoms in total. The highest BCUT2D eigenvalue weighted by Crippen LogP contribution is 2.07. The quantitative estimate of drug-likeness (QED) is 0.791. The monoisotopic (exact) mass is 298 g/mol. The van der Waals surface area contributed by atoms with Crippen molar-refractivity contribution in [2.45, 2.75) is 26.3 Å². The van der Waals surface area contributed by atoms with E-state index in [-0.39, 0.29) is 37.4 Å². The summed E-state index contributed by atoms with van der Waals surface area (Å²) in [6.07, 6.45) is 0.0859. The maximum Gasteiger partial charge on any atom is 0.323 e. The second-order valence-corrected chi connectivity index (χ2v) is 5.44. The fourth-order valence-electron chi connectivity index (χ4n) is 1.63. The normalized spacial score (nSPS) is 10.3. The van der Waals surface area contributed by atoms with E-state index < -0.39 is 5.97 Å². The molecule has 1 heterocycles. The minimum atomic E-state index is -1.05. The summed E-state index contributed by atoms with van der Waals surface area (Å²) in [5.74, 6) is -1.55. The summed E-state index contributed by atoms with van der Waals surface area (Å²) in [4.78, 5) is 36.1. The van der Waals surface area contributed by atoms with E-state index in [4.69, 9.17) is 5.11 Å². The number of nitrogens with zero attached hydrogens (tertiary/aromatic N) is 1. The Balaban J connectivity index is 2.41. The molecule has 110 valence electrons. The van der Waals surface area contributed by atoms with Crippen LogP contribution < -0.4 is 5.32 Å². The molecular weight excluding hydrogens is 280 g/mol. The lowest BCUT2D eigenvalue weighted by Crippen LogP contribution is -2.42. The van der Waals surface area contributed by atoms with Crippen LogP contribution in [0.3, 0.4) is 0 Å². The van der Waals surface area contributed by atoms with Gasteiger partial charge >= 0.3 is 5.97 Å². The highest BCUT2D eigenvalue weighted by atomic mass is 32.1. The maximum absolute atomic E-state index is 11.9. The molecule has 2 N–H and O–H groups in total. The Morgan fingerprint density at radius 2 is 2.10 bits per heavy atom. The molecule has 1 rings (SSSR count). The van der Waals surface area contributed by atoms with E-state index in [0.717, 1.165) is 0 Å². The lowest BCUT2D eigenvalue weighted by molar-refractivity contribution is -0.145. The molecule has 20 heavy (non-hydrogen) atoms. The van der Waals surface area contributed by atoms with Crippen molar-refractivity contribution >= 4 is 29.1 Å². The van der Waals surface area contributed by atoms with E-state index in [9.17, 15) is 14.4 Å². The second-order valence-electron chi connectivity index (χ2n) is 4.49. The van der Waals surface area contributed by atoms with E-state index >= 15 is 0 Å². The third kappa shape index (κ3) is 5.00. The second kappa shape index (κ2) is 7.64. The van der Waals surface area contributed by atoms with E-state index in [2.05, 4.69) is 5.32 Å². The lowest BCUT2D eigenvalue weighted by Gasteiger charge is -2.24. The van der Waals surface area contributed by atoms with Crippen molar-refractivity contribution in [2.75, 3.05) is 13.1 Å². The van der Waals surface area contributed by atoms with Crippen LogP contribution in [-0.2, 0) is 9.59 Å². The number of carboxylic acid groups (broad SMARTS) is 1. The predicted octanol–water partition coefficient (Wildman–Crippen LogP) is 1.19. The Hall–Kier alpha value is -1.89. The molecule has 0 bridgehead atoms. The highest BCUT2D eigenvalue weighted by molar-refractivity contribution is 7.12. The predicted molar refractivity (Wildman–Crippen MR) is 75.8 cm³/mol. The van der Waals surface area contributed by atoms with Crippen LogP contribution in [0.15, 0.2) is 17.5 Å². The lowest BCUT2D eigenvalue weighted by atomic mass is 10.2. The van der Waals surface area contributed by atoms with Crippen molar-refractivity contribution < 1.29 is 19.5 Å². The number of hydrogen-bond donors (Lipinski definition) is 2. The van der Waals surface area contributed by atoms with Crippen molar-refractivity contribution in [1.29, 1.82) is 0 Å². The molecule has 0 aliphatic carbocycles. The smallest absolute Gasteiger partial charge is 0.323 e. The average molecular weight is 298 g/mol. The molecule has 0 fully saturated rings. The van der Waals surface area contributed by atoms with Gasteiger partial charge in [-0.15, -0.1) is 11.3 Å². The number of thiophene rings is 1. The number of aliphatic carboxylic acids is 1. The van der Waals surface area contributed by atoms with Crippen LogP contribution in [0, 0.1) is 0 Å². The topological polar surface area (TPSA) is 86.7 Å². The molecule has 0 aliphatic heterocycles. The molecule has 2 amide bonds. The number of rotatable bonds is 7. The molecular formula is C13H18N2O4S. The maximum atomic E-state index is 11.9. The SMILES string of the molecule is CC(C)N(CC(=O)O)C(=O)CCNC(=O)c1cccs1. The van der Waals surface area contributed by atoms with Crippen LogP contribution >= 0.6 is 11.3 Å². The molecule has 0 aliphatic rings. The third-order valence-electron chi connectivity index (χ3n) is 2.62. The largest absolute Gasteiger partial charge is 0.480 e. The molecule has 0 unspecified atom stereocenters. The minimum absolute atomic E-state index is 0.0859. The number of nitrogens with one attached hydrogen (secondary N) is 1. The first-order chi connectivity index (χ1) is 9.41. The zero-order chi connectivity index (χ0) is 15.1. The summed E-state index contributed by atoms with van der Waals surface area (Å²) >= 11 is 1.32. The van der Waals surface area contributed by atoms with Gasteiger partial charge in [-0.1, -0.05) is 6.07 Å². The van der Waals surface area contributed by atoms with Gasteiger partial charge in [-0.25, -0.2) is 0 Å². The number of amides is 2. The van der Waals surface area contributed by atoms with Gasteiger partial charge in [0, 0.05) is 19.0 Å². The van der Waals surface area contributed by atoms with E-state index in [1.165, 1.54) is 16.2 Å². The summed E-state index contributed by atoms with van der Waals surface area (Å²) in [7, 11) is 0. The van der Waals surface area contributed by atoms with Gasteiger partial charge in [0.2, 0.25) is 5.91 Å². The first-order valence-electron chi connectivity index (χ1n) is 6.24. The average Bonchev–Trinajstić information content (AvgIpc) is 2.88. The van der Waals surface area contributed by atoms with Gasteiger partial charge in [0.05, 0.1) is 4.88 Å². The van der Waals surface area contributed by atoms with Crippen molar-refractivity contribution in [2.24, 2.45) is 0 Å². The Bertz CT molecular complexity index is 471. The molecule has 0 spiro atoms. The third-order valence-corrected chi connectivity index (χ3v) is 3.49. The molecule has 1 aromatic rings. The van der Waals surface area contributed by atoms with Gasteiger partial charge in [0.25, 0.3) is 5.91 Å². The van der Waals surface area contributed by atoms with Crippen LogP contribution in [0.1, 0.15) is 29.9 Å². The molecule has 0 saturated heterocycles. The Kier molecular flexibility index (Phi) is 6.17. The fourth-order valence-corrected chi connectivity index (χ4v) is 2.27. The van der Waals surface area contributed by atoms with E-state index in [1.54, 1.807) is 31.4 Å². The minimum Gasteiger partial charge on any atom is -0.480 e. The van der Waals surface area contributed by atoms with E-state index in [1.807, 2.05) is 0 Å². The van der Waals surface area contributed by atoms with Crippen LogP contribution in [0.2, 0.25) is 0 Å².